The van der Waals surface area contributed by atoms with Gasteiger partial charge in [0.15, 0.2) is 0 Å². The van der Waals surface area contributed by atoms with E-state index in [1.807, 2.05) is 24.3 Å². The van der Waals surface area contributed by atoms with Gasteiger partial charge in [0.2, 0.25) is 0 Å². The highest BCUT2D eigenvalue weighted by atomic mass is 16.1. The van der Waals surface area contributed by atoms with Gasteiger partial charge in [0.1, 0.15) is 11.6 Å². The van der Waals surface area contributed by atoms with Crippen LogP contribution in [-0.2, 0) is 9.59 Å². The van der Waals surface area contributed by atoms with Gasteiger partial charge in [-0.2, -0.15) is 0 Å². The van der Waals surface area contributed by atoms with Crippen LogP contribution in [0.4, 0.5) is 0 Å². The smallest absolute Gasteiger partial charge is 0.143 e. The lowest BCUT2D eigenvalue weighted by Crippen LogP contribution is -2.25. The van der Waals surface area contributed by atoms with Crippen molar-refractivity contribution in [1.29, 1.82) is 0 Å². The minimum Gasteiger partial charge on any atom is -0.299 e. The van der Waals surface area contributed by atoms with Crippen LogP contribution in [0.15, 0.2) is 24.3 Å². The Morgan fingerprint density at radius 3 is 1.78 bits per heavy atom. The second-order valence-electron chi connectivity index (χ2n) is 5.98. The summed E-state index contributed by atoms with van der Waals surface area (Å²) in [6.45, 7) is 0. The number of carbonyl (C=O) groups excluding carboxylic acids is 2. The molecule has 0 aliphatic heterocycles. The van der Waals surface area contributed by atoms with Crippen molar-refractivity contribution in [2.24, 2.45) is 11.8 Å². The van der Waals surface area contributed by atoms with Crippen LogP contribution >= 0.6 is 0 Å². The maximum atomic E-state index is 12.6. The third kappa shape index (κ3) is 1.23. The Morgan fingerprint density at radius 1 is 0.778 bits per heavy atom. The molecular formula is C16H16O2. The predicted molar refractivity (Wildman–Crippen MR) is 67.4 cm³/mol. The molecule has 0 unspecified atom stereocenters. The highest BCUT2D eigenvalue weighted by Crippen LogP contribution is 2.50. The quantitative estimate of drug-likeness (QED) is 0.698. The monoisotopic (exact) mass is 240 g/mol. The number of hydrogen-bond acceptors (Lipinski definition) is 2. The molecule has 1 aromatic carbocycles. The maximum absolute atomic E-state index is 12.6. The fraction of sp³-hybridized carbons (Fsp3) is 0.500. The van der Waals surface area contributed by atoms with Crippen molar-refractivity contribution in [1.82, 2.24) is 0 Å². The minimum absolute atomic E-state index is 0.000741. The molecule has 0 spiro atoms. The van der Waals surface area contributed by atoms with E-state index in [1.165, 1.54) is 0 Å². The molecule has 2 nitrogen and oxygen atoms in total. The molecule has 4 rings (SSSR count). The normalized spacial score (nSPS) is 37.3. The summed E-state index contributed by atoms with van der Waals surface area (Å²) in [4.78, 5) is 25.1. The first-order chi connectivity index (χ1) is 8.75. The summed E-state index contributed by atoms with van der Waals surface area (Å²) in [5.41, 5.74) is 2.27. The van der Waals surface area contributed by atoms with Gasteiger partial charge >= 0.3 is 0 Å². The Balaban J connectivity index is 1.89. The average Bonchev–Trinajstić information content (AvgIpc) is 3.02. The van der Waals surface area contributed by atoms with Crippen molar-refractivity contribution >= 4 is 11.6 Å². The summed E-state index contributed by atoms with van der Waals surface area (Å²) >= 11 is 0. The Hall–Kier alpha value is -1.44. The van der Waals surface area contributed by atoms with Crippen molar-refractivity contribution in [3.8, 4) is 0 Å². The largest absolute Gasteiger partial charge is 0.299 e. The molecule has 0 radical (unpaired) electrons. The van der Waals surface area contributed by atoms with Gasteiger partial charge < -0.3 is 0 Å². The zero-order chi connectivity index (χ0) is 12.3. The van der Waals surface area contributed by atoms with Crippen LogP contribution in [0.25, 0.3) is 0 Å². The molecule has 92 valence electrons. The van der Waals surface area contributed by atoms with E-state index in [-0.39, 0.29) is 23.7 Å². The molecule has 2 fully saturated rings. The third-order valence-electron chi connectivity index (χ3n) is 5.14. The van der Waals surface area contributed by atoms with Crippen LogP contribution in [0.3, 0.4) is 0 Å². The molecule has 0 amide bonds. The van der Waals surface area contributed by atoms with Crippen molar-refractivity contribution in [3.05, 3.63) is 35.4 Å². The molecule has 2 saturated carbocycles. The number of carbonyl (C=O) groups is 2. The summed E-state index contributed by atoms with van der Waals surface area (Å²) in [6.07, 6.45) is 3.42. The molecule has 3 aliphatic carbocycles. The van der Waals surface area contributed by atoms with Gasteiger partial charge in [-0.25, -0.2) is 0 Å². The number of rotatable bonds is 0. The number of fused-ring (bicyclic) bond motifs is 7. The van der Waals surface area contributed by atoms with Crippen LogP contribution in [-0.4, -0.2) is 11.6 Å². The summed E-state index contributed by atoms with van der Waals surface area (Å²) < 4.78 is 0. The van der Waals surface area contributed by atoms with Crippen molar-refractivity contribution < 1.29 is 9.59 Å². The molecule has 0 heterocycles. The molecule has 0 saturated heterocycles. The summed E-state index contributed by atoms with van der Waals surface area (Å²) in [5, 5.41) is 0. The fourth-order valence-corrected chi connectivity index (χ4v) is 4.24. The molecule has 4 atom stereocenters. The van der Waals surface area contributed by atoms with Crippen LogP contribution in [0.2, 0.25) is 0 Å². The first-order valence-corrected chi connectivity index (χ1v) is 6.92. The number of benzene rings is 1. The summed E-state index contributed by atoms with van der Waals surface area (Å²) in [7, 11) is 0. The Labute approximate surface area is 106 Å². The van der Waals surface area contributed by atoms with E-state index in [1.54, 1.807) is 0 Å². The molecule has 0 N–H and O–H groups in total. The topological polar surface area (TPSA) is 34.1 Å². The minimum atomic E-state index is -0.000741. The molecule has 2 heteroatoms. The average molecular weight is 240 g/mol. The number of ketones is 2. The standard InChI is InChI=1S/C16H16O2/c17-15-9-5-6-10(7-9)16(18)14-8-13(15)11-3-1-2-4-12(11)14/h1-4,9-10,13-14H,5-8H2/t9-,10-,13-,14-/m0/s1. The van der Waals surface area contributed by atoms with Gasteiger partial charge in [0, 0.05) is 23.7 Å². The molecule has 18 heavy (non-hydrogen) atoms. The van der Waals surface area contributed by atoms with Gasteiger partial charge in [-0.1, -0.05) is 24.3 Å². The highest BCUT2D eigenvalue weighted by Gasteiger charge is 2.48. The Morgan fingerprint density at radius 2 is 1.28 bits per heavy atom. The molecule has 4 bridgehead atoms. The van der Waals surface area contributed by atoms with Gasteiger partial charge in [-0.05, 0) is 36.8 Å². The second kappa shape index (κ2) is 3.53. The SMILES string of the molecule is O=C1[C@H]2CC[C@@H](C2)C(=O)[C@H]2C[C@H]1c1ccccc12. The lowest BCUT2D eigenvalue weighted by atomic mass is 9.81. The molecular weight excluding hydrogens is 224 g/mol. The fourth-order valence-electron chi connectivity index (χ4n) is 4.24. The zero-order valence-electron chi connectivity index (χ0n) is 10.3. The van der Waals surface area contributed by atoms with Crippen molar-refractivity contribution in [2.75, 3.05) is 0 Å². The molecule has 0 aromatic heterocycles. The van der Waals surface area contributed by atoms with Gasteiger partial charge in [-0.15, -0.1) is 0 Å². The van der Waals surface area contributed by atoms with Crippen molar-refractivity contribution in [3.63, 3.8) is 0 Å². The maximum Gasteiger partial charge on any atom is 0.143 e. The van der Waals surface area contributed by atoms with E-state index in [9.17, 15) is 9.59 Å². The van der Waals surface area contributed by atoms with Crippen molar-refractivity contribution in [2.45, 2.75) is 37.5 Å². The zero-order valence-corrected chi connectivity index (χ0v) is 10.3. The van der Waals surface area contributed by atoms with E-state index in [2.05, 4.69) is 0 Å². The van der Waals surface area contributed by atoms with Crippen LogP contribution in [0.1, 0.15) is 48.6 Å². The van der Waals surface area contributed by atoms with E-state index in [4.69, 9.17) is 0 Å². The van der Waals surface area contributed by atoms with Gasteiger partial charge in [0.25, 0.3) is 0 Å². The van der Waals surface area contributed by atoms with E-state index < -0.39 is 0 Å². The second-order valence-corrected chi connectivity index (χ2v) is 5.98. The number of Topliss-reactive ketones (excluding diaryl/α,β-unsaturated/α-hetero) is 2. The molecule has 3 aliphatic rings. The Kier molecular flexibility index (Phi) is 2.06. The first-order valence-electron chi connectivity index (χ1n) is 6.92. The Bertz CT molecular complexity index is 499. The third-order valence-corrected chi connectivity index (χ3v) is 5.14. The highest BCUT2D eigenvalue weighted by molar-refractivity contribution is 5.97. The number of hydrogen-bond donors (Lipinski definition) is 0. The van der Waals surface area contributed by atoms with Crippen LogP contribution in [0, 0.1) is 11.8 Å². The van der Waals surface area contributed by atoms with Crippen LogP contribution in [0.5, 0.6) is 0 Å². The summed E-state index contributed by atoms with van der Waals surface area (Å²) in [5.74, 6) is 1.10. The van der Waals surface area contributed by atoms with Crippen LogP contribution < -0.4 is 0 Å². The van der Waals surface area contributed by atoms with E-state index >= 15 is 0 Å². The lowest BCUT2D eigenvalue weighted by molar-refractivity contribution is -0.127. The lowest BCUT2D eigenvalue weighted by Gasteiger charge is -2.20. The van der Waals surface area contributed by atoms with E-state index in [0.717, 1.165) is 36.8 Å². The van der Waals surface area contributed by atoms with Gasteiger partial charge in [-0.3, -0.25) is 9.59 Å². The summed E-state index contributed by atoms with van der Waals surface area (Å²) in [6, 6.07) is 8.07. The molecule has 1 aromatic rings. The predicted octanol–water partition coefficient (Wildman–Crippen LogP) is 2.83. The van der Waals surface area contributed by atoms with E-state index in [0.29, 0.717) is 11.6 Å². The first kappa shape index (κ1) is 10.5. The van der Waals surface area contributed by atoms with Gasteiger partial charge in [0.05, 0.1) is 0 Å².